The van der Waals surface area contributed by atoms with E-state index in [-0.39, 0.29) is 11.8 Å². The molecule has 6 nitrogen and oxygen atoms in total. The Labute approximate surface area is 97.7 Å². The highest BCUT2D eigenvalue weighted by Gasteiger charge is 2.14. The van der Waals surface area contributed by atoms with Crippen molar-refractivity contribution in [1.82, 2.24) is 19.7 Å². The van der Waals surface area contributed by atoms with E-state index >= 15 is 0 Å². The van der Waals surface area contributed by atoms with Crippen LogP contribution in [-0.2, 0) is 0 Å². The summed E-state index contributed by atoms with van der Waals surface area (Å²) in [6.07, 6.45) is 1.06. The molecule has 0 spiro atoms. The predicted octanol–water partition coefficient (Wildman–Crippen LogP) is 1.01. The minimum absolute atomic E-state index is 0.0849. The Morgan fingerprint density at radius 1 is 1.35 bits per heavy atom. The van der Waals surface area contributed by atoms with Gasteiger partial charge in [0.2, 0.25) is 5.95 Å². The fourth-order valence-corrected chi connectivity index (χ4v) is 1.50. The van der Waals surface area contributed by atoms with Gasteiger partial charge in [-0.3, -0.25) is 5.43 Å². The fourth-order valence-electron chi connectivity index (χ4n) is 1.50. The third kappa shape index (κ3) is 1.84. The van der Waals surface area contributed by atoms with Gasteiger partial charge in [-0.2, -0.15) is 10.1 Å². The molecule has 0 atom stereocenters. The van der Waals surface area contributed by atoms with Crippen LogP contribution in [0.3, 0.4) is 0 Å². The third-order valence-electron chi connectivity index (χ3n) is 2.71. The summed E-state index contributed by atoms with van der Waals surface area (Å²) in [5.74, 6) is 4.88. The SMILES string of the molecule is Cc1nn(-c2nc(NN)ncc2F)c(C)c1C. The maximum absolute atomic E-state index is 13.7. The van der Waals surface area contributed by atoms with E-state index in [1.54, 1.807) is 0 Å². The standard InChI is InChI=1S/C10H13FN6/c1-5-6(2)16-17(7(5)3)9-8(11)4-13-10(14-9)15-12/h4H,12H2,1-3H3,(H,13,14,15). The van der Waals surface area contributed by atoms with Gasteiger partial charge < -0.3 is 0 Å². The van der Waals surface area contributed by atoms with Gasteiger partial charge in [-0.25, -0.2) is 19.9 Å². The van der Waals surface area contributed by atoms with Gasteiger partial charge in [0.1, 0.15) is 0 Å². The Bertz CT molecular complexity index is 562. The van der Waals surface area contributed by atoms with Gasteiger partial charge in [0.25, 0.3) is 0 Å². The van der Waals surface area contributed by atoms with Crippen molar-refractivity contribution in [2.24, 2.45) is 5.84 Å². The smallest absolute Gasteiger partial charge is 0.239 e. The third-order valence-corrected chi connectivity index (χ3v) is 2.71. The summed E-state index contributed by atoms with van der Waals surface area (Å²) >= 11 is 0. The number of anilines is 1. The second-order valence-corrected chi connectivity index (χ2v) is 3.72. The molecule has 0 aliphatic carbocycles. The lowest BCUT2D eigenvalue weighted by molar-refractivity contribution is 0.590. The monoisotopic (exact) mass is 236 g/mol. The molecule has 2 heterocycles. The number of nitrogens with two attached hydrogens (primary N) is 1. The summed E-state index contributed by atoms with van der Waals surface area (Å²) in [4.78, 5) is 7.63. The van der Waals surface area contributed by atoms with E-state index in [9.17, 15) is 4.39 Å². The predicted molar refractivity (Wildman–Crippen MR) is 61.1 cm³/mol. The number of hydrazine groups is 1. The molecule has 0 aromatic carbocycles. The maximum Gasteiger partial charge on any atom is 0.239 e. The summed E-state index contributed by atoms with van der Waals surface area (Å²) in [6.45, 7) is 5.64. The Morgan fingerprint density at radius 2 is 2.06 bits per heavy atom. The molecule has 90 valence electrons. The van der Waals surface area contributed by atoms with Crippen molar-refractivity contribution in [3.8, 4) is 5.82 Å². The average molecular weight is 236 g/mol. The Kier molecular flexibility index (Phi) is 2.76. The minimum atomic E-state index is -0.547. The quantitative estimate of drug-likeness (QED) is 0.600. The second kappa shape index (κ2) is 4.10. The van der Waals surface area contributed by atoms with Gasteiger partial charge in [0, 0.05) is 5.69 Å². The van der Waals surface area contributed by atoms with Crippen molar-refractivity contribution in [3.05, 3.63) is 29.0 Å². The number of nitrogen functional groups attached to an aromatic ring is 1. The van der Waals surface area contributed by atoms with E-state index in [0.29, 0.717) is 0 Å². The summed E-state index contributed by atoms with van der Waals surface area (Å²) in [6, 6.07) is 0. The molecule has 0 aliphatic rings. The molecular weight excluding hydrogens is 223 g/mol. The number of hydrogen-bond donors (Lipinski definition) is 2. The van der Waals surface area contributed by atoms with Crippen LogP contribution in [0.2, 0.25) is 0 Å². The first kappa shape index (κ1) is 11.5. The minimum Gasteiger partial charge on any atom is -0.292 e. The number of nitrogens with one attached hydrogen (secondary N) is 1. The summed E-state index contributed by atoms with van der Waals surface area (Å²) in [7, 11) is 0. The van der Waals surface area contributed by atoms with Crippen molar-refractivity contribution >= 4 is 5.95 Å². The van der Waals surface area contributed by atoms with E-state index < -0.39 is 5.82 Å². The number of aryl methyl sites for hydroxylation is 1. The molecule has 7 heteroatoms. The molecule has 0 unspecified atom stereocenters. The zero-order chi connectivity index (χ0) is 12.6. The highest BCUT2D eigenvalue weighted by molar-refractivity contribution is 5.35. The van der Waals surface area contributed by atoms with Gasteiger partial charge in [0.05, 0.1) is 11.9 Å². The Balaban J connectivity index is 2.63. The normalized spacial score (nSPS) is 10.6. The molecule has 2 aromatic rings. The molecule has 3 N–H and O–H groups in total. The first-order valence-corrected chi connectivity index (χ1v) is 5.07. The van der Waals surface area contributed by atoms with E-state index in [1.165, 1.54) is 4.68 Å². The van der Waals surface area contributed by atoms with Crippen molar-refractivity contribution in [1.29, 1.82) is 0 Å². The second-order valence-electron chi connectivity index (χ2n) is 3.72. The van der Waals surface area contributed by atoms with E-state index in [0.717, 1.165) is 23.1 Å². The van der Waals surface area contributed by atoms with Gasteiger partial charge in [-0.1, -0.05) is 0 Å². The molecule has 2 aromatic heterocycles. The maximum atomic E-state index is 13.7. The lowest BCUT2D eigenvalue weighted by atomic mass is 10.2. The topological polar surface area (TPSA) is 81.7 Å². The molecular formula is C10H13FN6. The van der Waals surface area contributed by atoms with Crippen LogP contribution < -0.4 is 11.3 Å². The van der Waals surface area contributed by atoms with Crippen LogP contribution in [0.1, 0.15) is 17.0 Å². The number of nitrogens with zero attached hydrogens (tertiary/aromatic N) is 4. The largest absolute Gasteiger partial charge is 0.292 e. The lowest BCUT2D eigenvalue weighted by Crippen LogP contribution is -2.14. The van der Waals surface area contributed by atoms with Gasteiger partial charge in [0.15, 0.2) is 11.6 Å². The number of aromatic nitrogens is 4. The van der Waals surface area contributed by atoms with Crippen molar-refractivity contribution in [3.63, 3.8) is 0 Å². The van der Waals surface area contributed by atoms with Crippen LogP contribution in [0.25, 0.3) is 5.82 Å². The number of hydrogen-bond acceptors (Lipinski definition) is 5. The van der Waals surface area contributed by atoms with E-state index in [2.05, 4.69) is 20.5 Å². The van der Waals surface area contributed by atoms with Gasteiger partial charge in [-0.05, 0) is 26.3 Å². The van der Waals surface area contributed by atoms with Crippen molar-refractivity contribution < 1.29 is 4.39 Å². The average Bonchev–Trinajstić information content (AvgIpc) is 2.58. The zero-order valence-corrected chi connectivity index (χ0v) is 9.82. The highest BCUT2D eigenvalue weighted by atomic mass is 19.1. The molecule has 0 saturated carbocycles. The lowest BCUT2D eigenvalue weighted by Gasteiger charge is -2.06. The van der Waals surface area contributed by atoms with Gasteiger partial charge >= 0.3 is 0 Å². The number of rotatable bonds is 2. The molecule has 0 bridgehead atoms. The Hall–Kier alpha value is -2.02. The fraction of sp³-hybridized carbons (Fsp3) is 0.300. The van der Waals surface area contributed by atoms with Crippen LogP contribution in [0, 0.1) is 26.6 Å². The summed E-state index contributed by atoms with van der Waals surface area (Å²) < 4.78 is 15.1. The van der Waals surface area contributed by atoms with E-state index in [4.69, 9.17) is 5.84 Å². The summed E-state index contributed by atoms with van der Waals surface area (Å²) in [5, 5.41) is 4.23. The van der Waals surface area contributed by atoms with Crippen molar-refractivity contribution in [2.75, 3.05) is 5.43 Å². The molecule has 0 aliphatic heterocycles. The molecule has 2 rings (SSSR count). The highest BCUT2D eigenvalue weighted by Crippen LogP contribution is 2.17. The molecule has 17 heavy (non-hydrogen) atoms. The van der Waals surface area contributed by atoms with Crippen molar-refractivity contribution in [2.45, 2.75) is 20.8 Å². The van der Waals surface area contributed by atoms with Gasteiger partial charge in [-0.15, -0.1) is 0 Å². The Morgan fingerprint density at radius 3 is 2.59 bits per heavy atom. The van der Waals surface area contributed by atoms with Crippen LogP contribution in [-0.4, -0.2) is 19.7 Å². The molecule has 0 saturated heterocycles. The van der Waals surface area contributed by atoms with Crippen LogP contribution in [0.5, 0.6) is 0 Å². The molecule has 0 amide bonds. The number of halogens is 1. The first-order chi connectivity index (χ1) is 8.04. The first-order valence-electron chi connectivity index (χ1n) is 5.07. The van der Waals surface area contributed by atoms with Crippen LogP contribution in [0.15, 0.2) is 6.20 Å². The molecule has 0 radical (unpaired) electrons. The van der Waals surface area contributed by atoms with E-state index in [1.807, 2.05) is 20.8 Å². The van der Waals surface area contributed by atoms with Crippen LogP contribution in [0.4, 0.5) is 10.3 Å². The molecule has 0 fully saturated rings. The summed E-state index contributed by atoms with van der Waals surface area (Å²) in [5.41, 5.74) is 4.95. The van der Waals surface area contributed by atoms with Crippen LogP contribution >= 0.6 is 0 Å². The zero-order valence-electron chi connectivity index (χ0n) is 9.82.